The summed E-state index contributed by atoms with van der Waals surface area (Å²) in [5, 5.41) is 15.8. The maximum absolute atomic E-state index is 4.40. The number of aromatic nitrogens is 3. The van der Waals surface area contributed by atoms with Gasteiger partial charge in [0, 0.05) is 69.7 Å². The second-order valence-corrected chi connectivity index (χ2v) is 8.30. The number of hydrogen-bond donors (Lipinski definition) is 2. The molecule has 0 amide bonds. The summed E-state index contributed by atoms with van der Waals surface area (Å²) < 4.78 is 2.28. The van der Waals surface area contributed by atoms with Crippen molar-refractivity contribution in [3.05, 3.63) is 11.6 Å². The van der Waals surface area contributed by atoms with Crippen molar-refractivity contribution >= 4 is 17.7 Å². The molecule has 3 rings (SSSR count). The first-order chi connectivity index (χ1) is 12.2. The van der Waals surface area contributed by atoms with E-state index in [1.54, 1.807) is 0 Å². The van der Waals surface area contributed by atoms with Gasteiger partial charge in [0.15, 0.2) is 5.96 Å². The normalized spacial score (nSPS) is 22.1. The number of fused-ring (bicyclic) bond motifs is 1. The fraction of sp³-hybridized carbons (Fsp3) is 0.824. The van der Waals surface area contributed by atoms with Crippen LogP contribution in [0.5, 0.6) is 0 Å². The van der Waals surface area contributed by atoms with Gasteiger partial charge in [-0.3, -0.25) is 9.89 Å². The van der Waals surface area contributed by atoms with Gasteiger partial charge in [-0.15, -0.1) is 10.2 Å². The molecule has 7 nitrogen and oxygen atoms in total. The van der Waals surface area contributed by atoms with Gasteiger partial charge in [0.05, 0.1) is 0 Å². The van der Waals surface area contributed by atoms with Crippen LogP contribution < -0.4 is 10.6 Å². The van der Waals surface area contributed by atoms with Crippen molar-refractivity contribution in [3.8, 4) is 0 Å². The van der Waals surface area contributed by atoms with Crippen LogP contribution in [0.3, 0.4) is 0 Å². The van der Waals surface area contributed by atoms with Gasteiger partial charge in [-0.25, -0.2) is 0 Å². The fourth-order valence-corrected chi connectivity index (χ4v) is 4.42. The van der Waals surface area contributed by atoms with Crippen LogP contribution in [0.2, 0.25) is 0 Å². The Morgan fingerprint density at radius 2 is 2.12 bits per heavy atom. The molecule has 0 saturated carbocycles. The molecule has 1 fully saturated rings. The van der Waals surface area contributed by atoms with Crippen molar-refractivity contribution in [1.82, 2.24) is 30.3 Å². The highest BCUT2D eigenvalue weighted by Crippen LogP contribution is 2.20. The Morgan fingerprint density at radius 1 is 1.32 bits per heavy atom. The average molecular weight is 366 g/mol. The van der Waals surface area contributed by atoms with Crippen molar-refractivity contribution < 1.29 is 0 Å². The molecule has 0 bridgehead atoms. The Balaban J connectivity index is 1.48. The molecular formula is C17H31N7S. The van der Waals surface area contributed by atoms with Crippen LogP contribution in [0.1, 0.15) is 37.8 Å². The standard InChI is InChI=1S/C17H31N7S/c1-13(2)16-22-21-15-5-4-14(12-24(15)16)20-17(18-3)19-6-7-23-8-10-25-11-9-23/h13-14H,4-12H2,1-3H3,(H2,18,19,20). The highest BCUT2D eigenvalue weighted by molar-refractivity contribution is 7.99. The molecular weight excluding hydrogens is 334 g/mol. The van der Waals surface area contributed by atoms with Crippen molar-refractivity contribution in [2.45, 2.75) is 45.2 Å². The monoisotopic (exact) mass is 365 g/mol. The zero-order chi connectivity index (χ0) is 17.6. The van der Waals surface area contributed by atoms with Gasteiger partial charge in [0.2, 0.25) is 0 Å². The van der Waals surface area contributed by atoms with Crippen LogP contribution in [0, 0.1) is 0 Å². The van der Waals surface area contributed by atoms with Crippen molar-refractivity contribution in [3.63, 3.8) is 0 Å². The highest BCUT2D eigenvalue weighted by Gasteiger charge is 2.24. The van der Waals surface area contributed by atoms with E-state index in [4.69, 9.17) is 0 Å². The van der Waals surface area contributed by atoms with Crippen molar-refractivity contribution in [2.24, 2.45) is 4.99 Å². The Morgan fingerprint density at radius 3 is 2.84 bits per heavy atom. The molecule has 140 valence electrons. The van der Waals surface area contributed by atoms with E-state index in [1.165, 1.54) is 24.6 Å². The summed E-state index contributed by atoms with van der Waals surface area (Å²) in [4.78, 5) is 6.92. The molecule has 1 aromatic heterocycles. The molecule has 0 aromatic carbocycles. The van der Waals surface area contributed by atoms with Crippen LogP contribution in [0.4, 0.5) is 0 Å². The number of aryl methyl sites for hydroxylation is 1. The quantitative estimate of drug-likeness (QED) is 0.598. The van der Waals surface area contributed by atoms with E-state index < -0.39 is 0 Å². The van der Waals surface area contributed by atoms with Gasteiger partial charge in [0.25, 0.3) is 0 Å². The summed E-state index contributed by atoms with van der Waals surface area (Å²) >= 11 is 2.05. The molecule has 1 aromatic rings. The van der Waals surface area contributed by atoms with E-state index in [1.807, 2.05) is 7.05 Å². The summed E-state index contributed by atoms with van der Waals surface area (Å²) in [7, 11) is 1.85. The second kappa shape index (κ2) is 8.89. The number of rotatable bonds is 5. The van der Waals surface area contributed by atoms with Gasteiger partial charge >= 0.3 is 0 Å². The predicted molar refractivity (Wildman–Crippen MR) is 104 cm³/mol. The molecule has 1 saturated heterocycles. The summed E-state index contributed by atoms with van der Waals surface area (Å²) in [6, 6.07) is 0.374. The summed E-state index contributed by atoms with van der Waals surface area (Å²) in [5.41, 5.74) is 0. The van der Waals surface area contributed by atoms with Crippen molar-refractivity contribution in [2.75, 3.05) is 44.7 Å². The van der Waals surface area contributed by atoms with E-state index in [0.717, 1.165) is 50.1 Å². The molecule has 0 radical (unpaired) electrons. The van der Waals surface area contributed by atoms with E-state index in [9.17, 15) is 0 Å². The molecule has 2 N–H and O–H groups in total. The van der Waals surface area contributed by atoms with E-state index >= 15 is 0 Å². The van der Waals surface area contributed by atoms with Crippen LogP contribution in [-0.4, -0.2) is 76.4 Å². The minimum Gasteiger partial charge on any atom is -0.355 e. The van der Waals surface area contributed by atoms with E-state index in [-0.39, 0.29) is 0 Å². The molecule has 1 atom stereocenters. The summed E-state index contributed by atoms with van der Waals surface area (Å²) in [6.07, 6.45) is 2.04. The Hall–Kier alpha value is -1.28. The molecule has 1 unspecified atom stereocenters. The summed E-state index contributed by atoms with van der Waals surface area (Å²) in [5.74, 6) is 6.03. The maximum atomic E-state index is 4.40. The lowest BCUT2D eigenvalue weighted by Crippen LogP contribution is -2.49. The first kappa shape index (κ1) is 18.5. The van der Waals surface area contributed by atoms with Gasteiger partial charge in [-0.2, -0.15) is 11.8 Å². The minimum atomic E-state index is 0.374. The average Bonchev–Trinajstić information content (AvgIpc) is 3.05. The molecule has 0 aliphatic carbocycles. The lowest BCUT2D eigenvalue weighted by Gasteiger charge is -2.28. The number of nitrogens with zero attached hydrogens (tertiary/aromatic N) is 5. The zero-order valence-electron chi connectivity index (χ0n) is 15.7. The lowest BCUT2D eigenvalue weighted by molar-refractivity contribution is 0.306. The topological polar surface area (TPSA) is 70.4 Å². The van der Waals surface area contributed by atoms with E-state index in [2.05, 4.69) is 60.9 Å². The molecule has 0 spiro atoms. The van der Waals surface area contributed by atoms with Gasteiger partial charge in [-0.1, -0.05) is 13.8 Å². The number of aliphatic imine (C=N–C) groups is 1. The van der Waals surface area contributed by atoms with Crippen LogP contribution in [0.15, 0.2) is 4.99 Å². The molecule has 8 heteroatoms. The minimum absolute atomic E-state index is 0.374. The fourth-order valence-electron chi connectivity index (χ4n) is 3.44. The van der Waals surface area contributed by atoms with Gasteiger partial charge in [0.1, 0.15) is 11.6 Å². The molecule has 25 heavy (non-hydrogen) atoms. The third kappa shape index (κ3) is 4.88. The SMILES string of the molecule is CN=C(NCCN1CCSCC1)NC1CCc2nnc(C(C)C)n2C1. The highest BCUT2D eigenvalue weighted by atomic mass is 32.2. The van der Waals surface area contributed by atoms with Crippen LogP contribution >= 0.6 is 11.8 Å². The first-order valence-corrected chi connectivity index (χ1v) is 10.5. The van der Waals surface area contributed by atoms with Crippen LogP contribution in [0.25, 0.3) is 0 Å². The Bertz CT molecular complexity index is 578. The summed E-state index contributed by atoms with van der Waals surface area (Å²) in [6.45, 7) is 9.69. The third-order valence-electron chi connectivity index (χ3n) is 4.88. The molecule has 2 aliphatic rings. The Labute approximate surface area is 155 Å². The van der Waals surface area contributed by atoms with Gasteiger partial charge < -0.3 is 15.2 Å². The number of thioether (sulfide) groups is 1. The van der Waals surface area contributed by atoms with Crippen LogP contribution in [-0.2, 0) is 13.0 Å². The van der Waals surface area contributed by atoms with Gasteiger partial charge in [-0.05, 0) is 6.42 Å². The van der Waals surface area contributed by atoms with Crippen molar-refractivity contribution in [1.29, 1.82) is 0 Å². The predicted octanol–water partition coefficient (Wildman–Crippen LogP) is 0.930. The third-order valence-corrected chi connectivity index (χ3v) is 5.82. The lowest BCUT2D eigenvalue weighted by atomic mass is 10.1. The second-order valence-electron chi connectivity index (χ2n) is 7.07. The number of nitrogens with one attached hydrogen (secondary N) is 2. The largest absolute Gasteiger partial charge is 0.355 e. The number of hydrogen-bond acceptors (Lipinski definition) is 5. The number of guanidine groups is 1. The zero-order valence-corrected chi connectivity index (χ0v) is 16.5. The van der Waals surface area contributed by atoms with E-state index in [0.29, 0.717) is 12.0 Å². The smallest absolute Gasteiger partial charge is 0.191 e. The Kier molecular flexibility index (Phi) is 6.58. The first-order valence-electron chi connectivity index (χ1n) is 9.36. The molecule has 3 heterocycles. The maximum Gasteiger partial charge on any atom is 0.191 e. The molecule has 2 aliphatic heterocycles.